The third-order valence-electron chi connectivity index (χ3n) is 4.41. The quantitative estimate of drug-likeness (QED) is 0.859. The van der Waals surface area contributed by atoms with Crippen LogP contribution in [-0.4, -0.2) is 22.9 Å². The Kier molecular flexibility index (Phi) is 3.49. The Bertz CT molecular complexity index is 588. The number of para-hydroxylation sites is 1. The number of fused-ring (bicyclic) bond motifs is 2. The van der Waals surface area contributed by atoms with Gasteiger partial charge in [0.05, 0.1) is 5.69 Å². The van der Waals surface area contributed by atoms with Crippen molar-refractivity contribution in [2.24, 2.45) is 11.8 Å². The minimum Gasteiger partial charge on any atom is -0.481 e. The first-order valence-electron chi connectivity index (χ1n) is 7.25. The predicted molar refractivity (Wildman–Crippen MR) is 75.7 cm³/mol. The topological polar surface area (TPSA) is 74.7 Å². The maximum Gasteiger partial charge on any atom is 0.303 e. The van der Waals surface area contributed by atoms with Gasteiger partial charge in [0.2, 0.25) is 11.8 Å². The van der Waals surface area contributed by atoms with E-state index >= 15 is 0 Å². The Hall–Kier alpha value is -2.17. The summed E-state index contributed by atoms with van der Waals surface area (Å²) in [7, 11) is 0. The van der Waals surface area contributed by atoms with Crippen LogP contribution in [0.3, 0.4) is 0 Å². The molecule has 5 heteroatoms. The van der Waals surface area contributed by atoms with Crippen molar-refractivity contribution >= 4 is 23.5 Å². The molecule has 2 aliphatic rings. The molecular formula is C16H17NO4. The van der Waals surface area contributed by atoms with E-state index in [0.717, 1.165) is 18.4 Å². The van der Waals surface area contributed by atoms with Crippen molar-refractivity contribution < 1.29 is 19.5 Å². The number of aliphatic carboxylic acids is 1. The van der Waals surface area contributed by atoms with Crippen LogP contribution < -0.4 is 4.90 Å². The summed E-state index contributed by atoms with van der Waals surface area (Å²) in [6, 6.07) is 7.10. The number of imide groups is 1. The van der Waals surface area contributed by atoms with E-state index in [4.69, 9.17) is 5.11 Å². The predicted octanol–water partition coefficient (Wildman–Crippen LogP) is 1.99. The van der Waals surface area contributed by atoms with E-state index in [1.54, 1.807) is 24.3 Å². The molecule has 0 radical (unpaired) electrons. The molecule has 110 valence electrons. The number of aryl methyl sites for hydroxylation is 1. The van der Waals surface area contributed by atoms with Gasteiger partial charge in [0.1, 0.15) is 0 Å². The van der Waals surface area contributed by atoms with Gasteiger partial charge in [-0.25, -0.2) is 4.90 Å². The molecule has 21 heavy (non-hydrogen) atoms. The van der Waals surface area contributed by atoms with E-state index in [1.165, 1.54) is 4.90 Å². The standard InChI is InChI=1S/C16H17NO4/c18-14(19)8-7-10-3-1-2-4-13(10)17-15(20)11-5-6-12(9-11)16(17)21/h1-4,11-12H,5-9H2,(H,18,19). The fourth-order valence-corrected chi connectivity index (χ4v) is 3.32. The maximum atomic E-state index is 12.5. The van der Waals surface area contributed by atoms with E-state index < -0.39 is 5.97 Å². The molecule has 2 unspecified atom stereocenters. The van der Waals surface area contributed by atoms with Crippen LogP contribution in [0, 0.1) is 11.8 Å². The molecule has 1 N–H and O–H groups in total. The minimum atomic E-state index is -0.888. The van der Waals surface area contributed by atoms with Gasteiger partial charge in [0.15, 0.2) is 0 Å². The summed E-state index contributed by atoms with van der Waals surface area (Å²) in [4.78, 5) is 37.0. The molecule has 5 nitrogen and oxygen atoms in total. The number of hydrogen-bond donors (Lipinski definition) is 1. The molecule has 2 atom stereocenters. The monoisotopic (exact) mass is 287 g/mol. The second-order valence-corrected chi connectivity index (χ2v) is 5.74. The lowest BCUT2D eigenvalue weighted by Gasteiger charge is -2.31. The molecule has 1 saturated heterocycles. The van der Waals surface area contributed by atoms with E-state index in [1.807, 2.05) is 0 Å². The number of rotatable bonds is 4. The van der Waals surface area contributed by atoms with Crippen molar-refractivity contribution in [3.63, 3.8) is 0 Å². The summed E-state index contributed by atoms with van der Waals surface area (Å²) in [6.07, 6.45) is 2.54. The summed E-state index contributed by atoms with van der Waals surface area (Å²) in [5, 5.41) is 8.83. The van der Waals surface area contributed by atoms with Crippen LogP contribution in [0.15, 0.2) is 24.3 Å². The lowest BCUT2D eigenvalue weighted by molar-refractivity contribution is -0.137. The highest BCUT2D eigenvalue weighted by Gasteiger charge is 2.46. The fourth-order valence-electron chi connectivity index (χ4n) is 3.32. The number of nitrogens with zero attached hydrogens (tertiary/aromatic N) is 1. The van der Waals surface area contributed by atoms with Gasteiger partial charge in [-0.3, -0.25) is 14.4 Å². The largest absolute Gasteiger partial charge is 0.481 e. The average Bonchev–Trinajstić information content (AvgIpc) is 2.91. The second kappa shape index (κ2) is 5.31. The lowest BCUT2D eigenvalue weighted by atomic mass is 9.95. The van der Waals surface area contributed by atoms with Gasteiger partial charge in [0, 0.05) is 18.3 Å². The second-order valence-electron chi connectivity index (χ2n) is 5.74. The van der Waals surface area contributed by atoms with Crippen LogP contribution in [-0.2, 0) is 20.8 Å². The van der Waals surface area contributed by atoms with Crippen molar-refractivity contribution in [3.05, 3.63) is 29.8 Å². The molecule has 2 bridgehead atoms. The molecule has 1 aromatic rings. The van der Waals surface area contributed by atoms with Gasteiger partial charge in [0.25, 0.3) is 0 Å². The van der Waals surface area contributed by atoms with Gasteiger partial charge in [-0.05, 0) is 37.3 Å². The van der Waals surface area contributed by atoms with Crippen LogP contribution in [0.2, 0.25) is 0 Å². The first-order chi connectivity index (χ1) is 10.1. The SMILES string of the molecule is O=C(O)CCc1ccccc1N1C(=O)C2CCC(C2)C1=O. The normalized spacial score (nSPS) is 24.5. The minimum absolute atomic E-state index is 0.0138. The molecular weight excluding hydrogens is 270 g/mol. The Morgan fingerprint density at radius 3 is 2.38 bits per heavy atom. The number of amides is 2. The van der Waals surface area contributed by atoms with Crippen molar-refractivity contribution in [3.8, 4) is 0 Å². The van der Waals surface area contributed by atoms with Crippen LogP contribution in [0.25, 0.3) is 0 Å². The van der Waals surface area contributed by atoms with Crippen molar-refractivity contribution in [2.45, 2.75) is 32.1 Å². The molecule has 2 fully saturated rings. The third-order valence-corrected chi connectivity index (χ3v) is 4.41. The van der Waals surface area contributed by atoms with Crippen molar-refractivity contribution in [2.75, 3.05) is 4.90 Å². The molecule has 1 saturated carbocycles. The number of carboxylic acids is 1. The first kappa shape index (κ1) is 13.8. The number of carbonyl (C=O) groups is 3. The van der Waals surface area contributed by atoms with Gasteiger partial charge in [-0.1, -0.05) is 18.2 Å². The molecule has 0 aromatic heterocycles. The summed E-state index contributed by atoms with van der Waals surface area (Å²) < 4.78 is 0. The number of piperidine rings is 1. The molecule has 0 spiro atoms. The highest BCUT2D eigenvalue weighted by Crippen LogP contribution is 2.40. The van der Waals surface area contributed by atoms with E-state index in [2.05, 4.69) is 0 Å². The zero-order valence-electron chi connectivity index (χ0n) is 11.6. The fraction of sp³-hybridized carbons (Fsp3) is 0.438. The summed E-state index contributed by atoms with van der Waals surface area (Å²) in [6.45, 7) is 0. The lowest BCUT2D eigenvalue weighted by Crippen LogP contribution is -2.46. The Morgan fingerprint density at radius 2 is 1.76 bits per heavy atom. The molecule has 1 heterocycles. The zero-order valence-corrected chi connectivity index (χ0v) is 11.6. The highest BCUT2D eigenvalue weighted by atomic mass is 16.4. The van der Waals surface area contributed by atoms with Gasteiger partial charge < -0.3 is 5.11 Å². The number of carbonyl (C=O) groups excluding carboxylic acids is 2. The van der Waals surface area contributed by atoms with E-state index in [-0.39, 0.29) is 30.1 Å². The Labute approximate surface area is 122 Å². The highest BCUT2D eigenvalue weighted by molar-refractivity contribution is 6.19. The molecule has 1 aliphatic carbocycles. The third kappa shape index (κ3) is 2.44. The average molecular weight is 287 g/mol. The van der Waals surface area contributed by atoms with Gasteiger partial charge in [-0.2, -0.15) is 0 Å². The van der Waals surface area contributed by atoms with Crippen molar-refractivity contribution in [1.82, 2.24) is 0 Å². The smallest absolute Gasteiger partial charge is 0.303 e. The number of carboxylic acid groups (broad SMARTS) is 1. The van der Waals surface area contributed by atoms with Crippen molar-refractivity contribution in [1.29, 1.82) is 0 Å². The number of benzene rings is 1. The van der Waals surface area contributed by atoms with Gasteiger partial charge >= 0.3 is 5.97 Å². The molecule has 3 rings (SSSR count). The van der Waals surface area contributed by atoms with Gasteiger partial charge in [-0.15, -0.1) is 0 Å². The van der Waals surface area contributed by atoms with Crippen LogP contribution in [0.1, 0.15) is 31.2 Å². The van der Waals surface area contributed by atoms with Crippen LogP contribution in [0.5, 0.6) is 0 Å². The summed E-state index contributed by atoms with van der Waals surface area (Å²) >= 11 is 0. The Morgan fingerprint density at radius 1 is 1.14 bits per heavy atom. The summed E-state index contributed by atoms with van der Waals surface area (Å²) in [5.41, 5.74) is 1.30. The van der Waals surface area contributed by atoms with E-state index in [9.17, 15) is 14.4 Å². The van der Waals surface area contributed by atoms with Crippen LogP contribution >= 0.6 is 0 Å². The molecule has 2 amide bonds. The Balaban J connectivity index is 1.94. The van der Waals surface area contributed by atoms with E-state index in [0.29, 0.717) is 18.5 Å². The number of hydrogen-bond acceptors (Lipinski definition) is 3. The van der Waals surface area contributed by atoms with Crippen LogP contribution in [0.4, 0.5) is 5.69 Å². The first-order valence-corrected chi connectivity index (χ1v) is 7.25. The molecule has 1 aromatic carbocycles. The maximum absolute atomic E-state index is 12.5. The summed E-state index contributed by atoms with van der Waals surface area (Å²) in [5.74, 6) is -1.25. The molecule has 1 aliphatic heterocycles. The number of anilines is 1. The zero-order chi connectivity index (χ0) is 15.0.